The molecule has 0 aliphatic rings. The molecule has 8 heteroatoms. The molecular formula is C26H23ClN4O3. The Hall–Kier alpha value is -3.97. The zero-order valence-corrected chi connectivity index (χ0v) is 19.7. The maximum absolute atomic E-state index is 11.0. The molecular weight excluding hydrogens is 452 g/mol. The quantitative estimate of drug-likeness (QED) is 0.323. The van der Waals surface area contributed by atoms with Crippen LogP contribution >= 0.6 is 11.6 Å². The Balaban J connectivity index is 1.66. The van der Waals surface area contributed by atoms with Gasteiger partial charge in [0.2, 0.25) is 5.88 Å². The van der Waals surface area contributed by atoms with Gasteiger partial charge in [-0.25, -0.2) is 9.97 Å². The Morgan fingerprint density at radius 2 is 1.79 bits per heavy atom. The van der Waals surface area contributed by atoms with Crippen molar-refractivity contribution in [3.8, 4) is 28.5 Å². The largest absolute Gasteiger partial charge is 0.494 e. The molecule has 0 bridgehead atoms. The Labute approximate surface area is 201 Å². The van der Waals surface area contributed by atoms with Crippen LogP contribution in [0.25, 0.3) is 32.9 Å². The van der Waals surface area contributed by atoms with Gasteiger partial charge in [0.25, 0.3) is 0 Å². The number of nitrogens with zero attached hydrogens (tertiary/aromatic N) is 3. The van der Waals surface area contributed by atoms with Crippen LogP contribution in [-0.4, -0.2) is 33.9 Å². The fraction of sp³-hybridized carbons (Fsp3) is 0.154. The van der Waals surface area contributed by atoms with E-state index in [1.807, 2.05) is 55.5 Å². The molecule has 0 amide bonds. The van der Waals surface area contributed by atoms with Crippen molar-refractivity contribution in [3.63, 3.8) is 0 Å². The first-order valence-electron chi connectivity index (χ1n) is 10.7. The SMILES string of the molecule is COc1ccc(Cn2cc3nc4c(-c5ccc(C)nc5Cl)cccc4c(N)c3c2O)cc1OC. The Morgan fingerprint density at radius 3 is 2.53 bits per heavy atom. The van der Waals surface area contributed by atoms with Crippen LogP contribution in [0, 0.1) is 6.92 Å². The predicted octanol–water partition coefficient (Wildman–Crippen LogP) is 5.57. The van der Waals surface area contributed by atoms with Gasteiger partial charge in [-0.3, -0.25) is 0 Å². The van der Waals surface area contributed by atoms with Gasteiger partial charge in [-0.1, -0.05) is 35.9 Å². The predicted molar refractivity (Wildman–Crippen MR) is 135 cm³/mol. The van der Waals surface area contributed by atoms with E-state index in [2.05, 4.69) is 4.98 Å². The number of hydrogen-bond acceptors (Lipinski definition) is 6. The Morgan fingerprint density at radius 1 is 1.00 bits per heavy atom. The summed E-state index contributed by atoms with van der Waals surface area (Å²) in [4.78, 5) is 9.25. The van der Waals surface area contributed by atoms with Gasteiger partial charge in [0.1, 0.15) is 5.15 Å². The lowest BCUT2D eigenvalue weighted by molar-refractivity contribution is 0.354. The summed E-state index contributed by atoms with van der Waals surface area (Å²) in [7, 11) is 3.18. The molecule has 34 heavy (non-hydrogen) atoms. The number of aryl methyl sites for hydroxylation is 1. The van der Waals surface area contributed by atoms with E-state index in [1.165, 1.54) is 0 Å². The van der Waals surface area contributed by atoms with E-state index in [-0.39, 0.29) is 5.88 Å². The average molecular weight is 475 g/mol. The minimum atomic E-state index is 0.0529. The van der Waals surface area contributed by atoms with Crippen LogP contribution in [-0.2, 0) is 6.54 Å². The third-order valence-corrected chi connectivity index (χ3v) is 6.22. The zero-order chi connectivity index (χ0) is 24.0. The lowest BCUT2D eigenvalue weighted by Gasteiger charge is -2.11. The Kier molecular flexibility index (Phi) is 5.42. The summed E-state index contributed by atoms with van der Waals surface area (Å²) in [5.41, 5.74) is 11.7. The van der Waals surface area contributed by atoms with Crippen LogP contribution in [0.2, 0.25) is 5.15 Å². The highest BCUT2D eigenvalue weighted by molar-refractivity contribution is 6.32. The van der Waals surface area contributed by atoms with Crippen LogP contribution in [0.15, 0.2) is 54.7 Å². The molecule has 3 N–H and O–H groups in total. The number of halogens is 1. The number of benzene rings is 2. The van der Waals surface area contributed by atoms with E-state index in [0.29, 0.717) is 45.3 Å². The molecule has 5 aromatic rings. The van der Waals surface area contributed by atoms with E-state index in [1.54, 1.807) is 25.0 Å². The van der Waals surface area contributed by atoms with Gasteiger partial charge in [0.05, 0.1) is 42.9 Å². The van der Waals surface area contributed by atoms with Crippen molar-refractivity contribution in [1.29, 1.82) is 0 Å². The third-order valence-electron chi connectivity index (χ3n) is 5.94. The minimum Gasteiger partial charge on any atom is -0.494 e. The van der Waals surface area contributed by atoms with Gasteiger partial charge in [0, 0.05) is 28.4 Å². The number of nitrogens with two attached hydrogens (primary N) is 1. The van der Waals surface area contributed by atoms with Gasteiger partial charge in [-0.2, -0.15) is 0 Å². The van der Waals surface area contributed by atoms with Crippen molar-refractivity contribution in [1.82, 2.24) is 14.5 Å². The number of hydrogen-bond donors (Lipinski definition) is 2. The van der Waals surface area contributed by atoms with Crippen molar-refractivity contribution in [3.05, 3.63) is 71.1 Å². The van der Waals surface area contributed by atoms with E-state index in [4.69, 9.17) is 31.8 Å². The molecule has 3 heterocycles. The first kappa shape index (κ1) is 21.9. The lowest BCUT2D eigenvalue weighted by atomic mass is 10.0. The second-order valence-electron chi connectivity index (χ2n) is 8.05. The summed E-state index contributed by atoms with van der Waals surface area (Å²) in [6.07, 6.45) is 1.79. The molecule has 0 unspecified atom stereocenters. The summed E-state index contributed by atoms with van der Waals surface area (Å²) < 4.78 is 12.4. The summed E-state index contributed by atoms with van der Waals surface area (Å²) in [6.45, 7) is 2.29. The normalized spacial score (nSPS) is 11.3. The minimum absolute atomic E-state index is 0.0529. The Bertz CT molecular complexity index is 1560. The number of anilines is 1. The second-order valence-corrected chi connectivity index (χ2v) is 8.41. The van der Waals surface area contributed by atoms with Crippen LogP contribution in [0.4, 0.5) is 5.69 Å². The fourth-order valence-electron chi connectivity index (χ4n) is 4.25. The van der Waals surface area contributed by atoms with E-state index >= 15 is 0 Å². The second kappa shape index (κ2) is 8.43. The average Bonchev–Trinajstić information content (AvgIpc) is 3.14. The van der Waals surface area contributed by atoms with E-state index in [9.17, 15) is 5.11 Å². The number of aromatic hydroxyl groups is 1. The number of aromatic nitrogens is 3. The van der Waals surface area contributed by atoms with Crippen LogP contribution < -0.4 is 15.2 Å². The molecule has 0 fully saturated rings. The maximum Gasteiger partial charge on any atom is 0.203 e. The maximum atomic E-state index is 11.0. The molecule has 0 saturated heterocycles. The summed E-state index contributed by atoms with van der Waals surface area (Å²) in [5.74, 6) is 1.31. The van der Waals surface area contributed by atoms with Crippen molar-refractivity contribution >= 4 is 39.1 Å². The van der Waals surface area contributed by atoms with E-state index < -0.39 is 0 Å². The number of para-hydroxylation sites is 1. The number of nitrogen functional groups attached to an aromatic ring is 1. The molecule has 5 rings (SSSR count). The van der Waals surface area contributed by atoms with Crippen LogP contribution in [0.5, 0.6) is 17.4 Å². The number of fused-ring (bicyclic) bond motifs is 2. The monoisotopic (exact) mass is 474 g/mol. The van der Waals surface area contributed by atoms with Crippen molar-refractivity contribution in [2.45, 2.75) is 13.5 Å². The molecule has 172 valence electrons. The molecule has 0 radical (unpaired) electrons. The third kappa shape index (κ3) is 3.54. The highest BCUT2D eigenvalue weighted by Gasteiger charge is 2.19. The van der Waals surface area contributed by atoms with E-state index in [0.717, 1.165) is 27.8 Å². The molecule has 0 atom stereocenters. The van der Waals surface area contributed by atoms with Gasteiger partial charge in [-0.05, 0) is 36.8 Å². The smallest absolute Gasteiger partial charge is 0.203 e. The number of methoxy groups -OCH3 is 2. The lowest BCUT2D eigenvalue weighted by Crippen LogP contribution is -1.99. The molecule has 7 nitrogen and oxygen atoms in total. The van der Waals surface area contributed by atoms with Gasteiger partial charge < -0.3 is 24.9 Å². The van der Waals surface area contributed by atoms with Crippen molar-refractivity contribution in [2.75, 3.05) is 20.0 Å². The molecule has 0 aliphatic heterocycles. The molecule has 0 spiro atoms. The highest BCUT2D eigenvalue weighted by Crippen LogP contribution is 2.40. The number of pyridine rings is 2. The molecule has 2 aromatic carbocycles. The standard InChI is InChI=1S/C26H23ClN4O3/c1-14-7-9-17(25(27)29-14)16-5-4-6-18-23(28)22-19(30-24(16)18)13-31(26(22)32)12-15-8-10-20(33-2)21(11-15)34-3/h4-11,13,32H,12,28H2,1-3H3. The highest BCUT2D eigenvalue weighted by atomic mass is 35.5. The van der Waals surface area contributed by atoms with Crippen molar-refractivity contribution < 1.29 is 14.6 Å². The zero-order valence-electron chi connectivity index (χ0n) is 19.0. The van der Waals surface area contributed by atoms with Gasteiger partial charge in [-0.15, -0.1) is 0 Å². The number of rotatable bonds is 5. The van der Waals surface area contributed by atoms with Crippen LogP contribution in [0.3, 0.4) is 0 Å². The molecule has 0 aliphatic carbocycles. The first-order valence-corrected chi connectivity index (χ1v) is 11.0. The fourth-order valence-corrected chi connectivity index (χ4v) is 4.55. The topological polar surface area (TPSA) is 95.4 Å². The first-order chi connectivity index (χ1) is 16.4. The van der Waals surface area contributed by atoms with Crippen molar-refractivity contribution in [2.24, 2.45) is 0 Å². The van der Waals surface area contributed by atoms with Gasteiger partial charge in [0.15, 0.2) is 11.5 Å². The summed E-state index contributed by atoms with van der Waals surface area (Å²) >= 11 is 6.45. The van der Waals surface area contributed by atoms with Gasteiger partial charge >= 0.3 is 0 Å². The molecule has 0 saturated carbocycles. The number of ether oxygens (including phenoxy) is 2. The summed E-state index contributed by atoms with van der Waals surface area (Å²) in [5, 5.41) is 12.7. The molecule has 3 aromatic heterocycles. The summed E-state index contributed by atoms with van der Waals surface area (Å²) in [6, 6.07) is 15.2. The van der Waals surface area contributed by atoms with Crippen LogP contribution in [0.1, 0.15) is 11.3 Å².